The summed E-state index contributed by atoms with van der Waals surface area (Å²) >= 11 is 0. The molecule has 2 atom stereocenters. The molecule has 1 aliphatic carbocycles. The van der Waals surface area contributed by atoms with Crippen molar-refractivity contribution in [3.63, 3.8) is 0 Å². The number of hydrogen-bond donors (Lipinski definition) is 0. The van der Waals surface area contributed by atoms with Gasteiger partial charge in [-0.15, -0.1) is 5.10 Å². The van der Waals surface area contributed by atoms with E-state index in [0.717, 1.165) is 41.4 Å². The maximum atomic E-state index is 4.87. The lowest BCUT2D eigenvalue weighted by Gasteiger charge is -1.99. The van der Waals surface area contributed by atoms with Gasteiger partial charge in [0.25, 0.3) is 5.78 Å². The van der Waals surface area contributed by atoms with Crippen LogP contribution in [0.5, 0.6) is 0 Å². The highest BCUT2D eigenvalue weighted by atomic mass is 15.4. The molecule has 0 aromatic carbocycles. The Balaban J connectivity index is 1.51. The van der Waals surface area contributed by atoms with Crippen LogP contribution in [0.2, 0.25) is 0 Å². The van der Waals surface area contributed by atoms with Crippen LogP contribution in [-0.2, 0) is 13.6 Å². The number of aromatic nitrogens is 8. The number of nitrogens with zero attached hydrogens (tertiary/aromatic N) is 8. The summed E-state index contributed by atoms with van der Waals surface area (Å²) in [6.07, 6.45) is 3.25. The summed E-state index contributed by atoms with van der Waals surface area (Å²) in [4.78, 5) is 9.17. The van der Waals surface area contributed by atoms with Crippen molar-refractivity contribution in [3.05, 3.63) is 46.7 Å². The van der Waals surface area contributed by atoms with Crippen molar-refractivity contribution < 1.29 is 0 Å². The smallest absolute Gasteiger partial charge is 0.253 e. The van der Waals surface area contributed by atoms with Crippen LogP contribution in [0.4, 0.5) is 0 Å². The molecule has 0 saturated heterocycles. The molecule has 1 saturated carbocycles. The monoisotopic (exact) mass is 376 g/mol. The van der Waals surface area contributed by atoms with E-state index in [-0.39, 0.29) is 0 Å². The second-order valence-electron chi connectivity index (χ2n) is 7.75. The zero-order chi connectivity index (χ0) is 19.6. The second kappa shape index (κ2) is 5.98. The van der Waals surface area contributed by atoms with Crippen molar-refractivity contribution in [2.24, 2.45) is 7.05 Å². The van der Waals surface area contributed by atoms with E-state index in [1.165, 1.54) is 5.56 Å². The van der Waals surface area contributed by atoms with Gasteiger partial charge in [0.05, 0.1) is 11.4 Å². The highest BCUT2D eigenvalue weighted by molar-refractivity contribution is 5.54. The highest BCUT2D eigenvalue weighted by Crippen LogP contribution is 2.55. The fourth-order valence-corrected chi connectivity index (χ4v) is 4.16. The molecule has 0 N–H and O–H groups in total. The molecule has 1 fully saturated rings. The van der Waals surface area contributed by atoms with Crippen LogP contribution in [0.25, 0.3) is 17.3 Å². The van der Waals surface area contributed by atoms with E-state index < -0.39 is 0 Å². The molecule has 0 bridgehead atoms. The molecule has 0 amide bonds. The van der Waals surface area contributed by atoms with Gasteiger partial charge in [-0.1, -0.05) is 0 Å². The summed E-state index contributed by atoms with van der Waals surface area (Å²) in [6.45, 7) is 8.95. The normalized spacial score (nSPS) is 18.9. The van der Waals surface area contributed by atoms with Gasteiger partial charge in [-0.05, 0) is 57.7 Å². The van der Waals surface area contributed by atoms with Crippen LogP contribution < -0.4 is 0 Å². The quantitative estimate of drug-likeness (QED) is 0.547. The minimum absolute atomic E-state index is 0.439. The summed E-state index contributed by atoms with van der Waals surface area (Å²) in [6, 6.07) is 4.16. The van der Waals surface area contributed by atoms with Crippen molar-refractivity contribution >= 4 is 5.78 Å². The van der Waals surface area contributed by atoms with E-state index in [1.54, 1.807) is 4.52 Å². The standard InChI is InChI=1S/C20H24N8/c1-6-27-18(19-22-20-21-11(2)7-12(3)28(20)25-19)9-17(24-27)15-8-14(15)16-10-26(5)23-13(16)4/h7,9-10,14-15H,6,8H2,1-5H3. The maximum absolute atomic E-state index is 4.87. The van der Waals surface area contributed by atoms with Crippen LogP contribution in [0.15, 0.2) is 18.3 Å². The molecule has 4 aromatic heterocycles. The summed E-state index contributed by atoms with van der Waals surface area (Å²) in [5.41, 5.74) is 6.49. The molecule has 5 rings (SSSR count). The fraction of sp³-hybridized carbons (Fsp3) is 0.450. The number of rotatable bonds is 4. The Morgan fingerprint density at radius 1 is 1.04 bits per heavy atom. The van der Waals surface area contributed by atoms with Crippen LogP contribution >= 0.6 is 0 Å². The molecule has 0 radical (unpaired) electrons. The maximum Gasteiger partial charge on any atom is 0.253 e. The highest BCUT2D eigenvalue weighted by Gasteiger charge is 2.43. The van der Waals surface area contributed by atoms with Gasteiger partial charge in [0.1, 0.15) is 5.69 Å². The van der Waals surface area contributed by atoms with Gasteiger partial charge >= 0.3 is 0 Å². The first-order chi connectivity index (χ1) is 13.4. The lowest BCUT2D eigenvalue weighted by atomic mass is 10.1. The average Bonchev–Trinajstić information content (AvgIpc) is 2.98. The Hall–Kier alpha value is -3.03. The predicted octanol–water partition coefficient (Wildman–Crippen LogP) is 2.94. The molecular formula is C20H24N8. The molecule has 0 aliphatic heterocycles. The van der Waals surface area contributed by atoms with Gasteiger partial charge in [-0.3, -0.25) is 9.36 Å². The predicted molar refractivity (Wildman–Crippen MR) is 105 cm³/mol. The lowest BCUT2D eigenvalue weighted by Crippen LogP contribution is -2.01. The molecule has 8 heteroatoms. The largest absolute Gasteiger partial charge is 0.275 e. The van der Waals surface area contributed by atoms with Crippen molar-refractivity contribution in [3.8, 4) is 11.5 Å². The van der Waals surface area contributed by atoms with Gasteiger partial charge in [0.15, 0.2) is 0 Å². The zero-order valence-corrected chi connectivity index (χ0v) is 16.9. The first kappa shape index (κ1) is 17.1. The molecule has 8 nitrogen and oxygen atoms in total. The third kappa shape index (κ3) is 2.63. The SMILES string of the molecule is CCn1nc(C2CC2c2cn(C)nc2C)cc1-c1nc2nc(C)cc(C)n2n1. The zero-order valence-electron chi connectivity index (χ0n) is 16.9. The number of fused-ring (bicyclic) bond motifs is 1. The van der Waals surface area contributed by atoms with E-state index in [9.17, 15) is 0 Å². The van der Waals surface area contributed by atoms with E-state index in [1.807, 2.05) is 36.3 Å². The fourth-order valence-electron chi connectivity index (χ4n) is 4.16. The second-order valence-corrected chi connectivity index (χ2v) is 7.75. The molecule has 2 unspecified atom stereocenters. The van der Waals surface area contributed by atoms with Gasteiger partial charge in [0.2, 0.25) is 5.82 Å². The van der Waals surface area contributed by atoms with E-state index in [4.69, 9.17) is 5.10 Å². The molecule has 4 aromatic rings. The van der Waals surface area contributed by atoms with E-state index in [2.05, 4.69) is 46.3 Å². The minimum Gasteiger partial charge on any atom is -0.275 e. The van der Waals surface area contributed by atoms with Crippen LogP contribution in [0, 0.1) is 20.8 Å². The van der Waals surface area contributed by atoms with Crippen LogP contribution in [0.3, 0.4) is 0 Å². The Morgan fingerprint density at radius 3 is 2.57 bits per heavy atom. The molecule has 4 heterocycles. The topological polar surface area (TPSA) is 78.7 Å². The molecular weight excluding hydrogens is 352 g/mol. The van der Waals surface area contributed by atoms with Gasteiger partial charge in [-0.25, -0.2) is 9.50 Å². The Morgan fingerprint density at radius 2 is 1.86 bits per heavy atom. The molecule has 1 aliphatic rings. The van der Waals surface area contributed by atoms with Crippen molar-refractivity contribution in [2.75, 3.05) is 0 Å². The Kier molecular flexibility index (Phi) is 3.65. The molecule has 0 spiro atoms. The first-order valence-electron chi connectivity index (χ1n) is 9.74. The first-order valence-corrected chi connectivity index (χ1v) is 9.74. The van der Waals surface area contributed by atoms with Gasteiger partial charge in [0, 0.05) is 37.1 Å². The Bertz CT molecular complexity index is 1190. The average molecular weight is 376 g/mol. The van der Waals surface area contributed by atoms with E-state index >= 15 is 0 Å². The summed E-state index contributed by atoms with van der Waals surface area (Å²) in [5.74, 6) is 2.25. The summed E-state index contributed by atoms with van der Waals surface area (Å²) in [5, 5.41) is 14.0. The van der Waals surface area contributed by atoms with Crippen LogP contribution in [-0.4, -0.2) is 39.1 Å². The number of aryl methyl sites for hydroxylation is 5. The minimum atomic E-state index is 0.439. The van der Waals surface area contributed by atoms with Crippen molar-refractivity contribution in [2.45, 2.75) is 52.5 Å². The third-order valence-corrected chi connectivity index (χ3v) is 5.57. The van der Waals surface area contributed by atoms with E-state index in [0.29, 0.717) is 23.4 Å². The molecule has 28 heavy (non-hydrogen) atoms. The third-order valence-electron chi connectivity index (χ3n) is 5.57. The Labute approximate surface area is 163 Å². The van der Waals surface area contributed by atoms with Crippen molar-refractivity contribution in [1.82, 2.24) is 39.1 Å². The lowest BCUT2D eigenvalue weighted by molar-refractivity contribution is 0.649. The van der Waals surface area contributed by atoms with Crippen molar-refractivity contribution in [1.29, 1.82) is 0 Å². The van der Waals surface area contributed by atoms with Gasteiger partial charge in [-0.2, -0.15) is 15.2 Å². The van der Waals surface area contributed by atoms with Gasteiger partial charge < -0.3 is 0 Å². The van der Waals surface area contributed by atoms with Crippen LogP contribution in [0.1, 0.15) is 53.5 Å². The molecule has 144 valence electrons. The summed E-state index contributed by atoms with van der Waals surface area (Å²) in [7, 11) is 1.98. The summed E-state index contributed by atoms with van der Waals surface area (Å²) < 4.78 is 5.69. The number of hydrogen-bond acceptors (Lipinski definition) is 5.